The molecule has 1 N–H and O–H groups in total. The lowest BCUT2D eigenvalue weighted by atomic mass is 9.92. The van der Waals surface area contributed by atoms with E-state index in [-0.39, 0.29) is 11.5 Å². The molecule has 0 amide bonds. The Labute approximate surface area is 146 Å². The van der Waals surface area contributed by atoms with Crippen molar-refractivity contribution < 1.29 is 8.42 Å². The number of nitrogens with zero attached hydrogens (tertiary/aromatic N) is 2. The van der Waals surface area contributed by atoms with Gasteiger partial charge >= 0.3 is 0 Å². The van der Waals surface area contributed by atoms with Crippen LogP contribution in [0.4, 0.5) is 0 Å². The van der Waals surface area contributed by atoms with Gasteiger partial charge < -0.3 is 0 Å². The van der Waals surface area contributed by atoms with Gasteiger partial charge in [0.05, 0.1) is 11.7 Å². The van der Waals surface area contributed by atoms with Gasteiger partial charge in [0.25, 0.3) is 0 Å². The quantitative estimate of drug-likeness (QED) is 0.892. The molecular weight excluding hydrogens is 322 g/mol. The molecule has 5 nitrogen and oxygen atoms in total. The monoisotopic (exact) mass is 353 g/mol. The maximum atomic E-state index is 13.0. The fourth-order valence-electron chi connectivity index (χ4n) is 3.95. The maximum Gasteiger partial charge on any atom is 0.244 e. The van der Waals surface area contributed by atoms with Crippen LogP contribution >= 0.6 is 0 Å². The summed E-state index contributed by atoms with van der Waals surface area (Å²) in [4.78, 5) is 0.382. The minimum Gasteiger partial charge on any atom is -0.268 e. The maximum absolute atomic E-state index is 13.0. The Morgan fingerprint density at radius 1 is 1.04 bits per heavy atom. The van der Waals surface area contributed by atoms with Crippen LogP contribution in [0.3, 0.4) is 0 Å². The molecule has 0 spiro atoms. The number of sulfonamides is 1. The third-order valence-electron chi connectivity index (χ3n) is 5.32. The topological polar surface area (TPSA) is 64.0 Å². The van der Waals surface area contributed by atoms with Gasteiger partial charge in [-0.05, 0) is 25.7 Å². The molecular formula is C18H31N3O2S. The first-order valence-electron chi connectivity index (χ1n) is 9.39. The third kappa shape index (κ3) is 3.85. The molecule has 0 saturated heterocycles. The lowest BCUT2D eigenvalue weighted by molar-refractivity contribution is 0.411. The first-order chi connectivity index (χ1) is 11.3. The Balaban J connectivity index is 1.91. The predicted octanol–water partition coefficient (Wildman–Crippen LogP) is 3.91. The highest BCUT2D eigenvalue weighted by molar-refractivity contribution is 7.89. The van der Waals surface area contributed by atoms with Crippen molar-refractivity contribution in [2.45, 2.75) is 101 Å². The average molecular weight is 354 g/mol. The summed E-state index contributed by atoms with van der Waals surface area (Å²) < 4.78 is 30.9. The van der Waals surface area contributed by atoms with Crippen molar-refractivity contribution in [3.05, 3.63) is 11.9 Å². The first-order valence-corrected chi connectivity index (χ1v) is 10.9. The highest BCUT2D eigenvalue weighted by Gasteiger charge is 2.33. The molecule has 24 heavy (non-hydrogen) atoms. The van der Waals surface area contributed by atoms with E-state index in [9.17, 15) is 8.42 Å². The molecule has 2 aliphatic rings. The molecule has 0 unspecified atom stereocenters. The molecule has 0 radical (unpaired) electrons. The zero-order chi connectivity index (χ0) is 17.4. The van der Waals surface area contributed by atoms with Crippen LogP contribution in [0.5, 0.6) is 0 Å². The van der Waals surface area contributed by atoms with E-state index in [1.54, 1.807) is 6.20 Å². The van der Waals surface area contributed by atoms with Crippen LogP contribution < -0.4 is 4.72 Å². The lowest BCUT2D eigenvalue weighted by Gasteiger charge is -2.23. The Morgan fingerprint density at radius 3 is 2.21 bits per heavy atom. The lowest BCUT2D eigenvalue weighted by Crippen LogP contribution is -2.37. The van der Waals surface area contributed by atoms with Crippen LogP contribution in [0.1, 0.15) is 90.3 Å². The molecule has 0 atom stereocenters. The van der Waals surface area contributed by atoms with Gasteiger partial charge in [-0.3, -0.25) is 4.68 Å². The summed E-state index contributed by atoms with van der Waals surface area (Å²) in [6.45, 7) is 6.11. The van der Waals surface area contributed by atoms with Gasteiger partial charge in [-0.1, -0.05) is 52.9 Å². The number of rotatable bonds is 4. The predicted molar refractivity (Wildman–Crippen MR) is 95.6 cm³/mol. The summed E-state index contributed by atoms with van der Waals surface area (Å²) in [6.07, 6.45) is 11.7. The summed E-state index contributed by atoms with van der Waals surface area (Å²) in [5.41, 5.74) is 0.401. The van der Waals surface area contributed by atoms with Crippen molar-refractivity contribution in [1.82, 2.24) is 14.5 Å². The van der Waals surface area contributed by atoms with Crippen LogP contribution in [0.2, 0.25) is 0 Å². The molecule has 2 saturated carbocycles. The van der Waals surface area contributed by atoms with E-state index < -0.39 is 10.0 Å². The van der Waals surface area contributed by atoms with E-state index in [4.69, 9.17) is 5.10 Å². The van der Waals surface area contributed by atoms with E-state index in [0.29, 0.717) is 16.6 Å². The fourth-order valence-corrected chi connectivity index (χ4v) is 5.60. The van der Waals surface area contributed by atoms with E-state index in [2.05, 4.69) is 4.72 Å². The van der Waals surface area contributed by atoms with Gasteiger partial charge in [-0.25, -0.2) is 13.1 Å². The van der Waals surface area contributed by atoms with Gasteiger partial charge in [0.1, 0.15) is 4.90 Å². The van der Waals surface area contributed by atoms with Crippen LogP contribution in [-0.4, -0.2) is 24.2 Å². The summed E-state index contributed by atoms with van der Waals surface area (Å²) in [5, 5.41) is 4.72. The van der Waals surface area contributed by atoms with E-state index in [1.807, 2.05) is 25.5 Å². The summed E-state index contributed by atoms with van der Waals surface area (Å²) in [6, 6.07) is 0.427. The van der Waals surface area contributed by atoms with Crippen LogP contribution in [0, 0.1) is 0 Å². The summed E-state index contributed by atoms with van der Waals surface area (Å²) >= 11 is 0. The second-order valence-corrected chi connectivity index (χ2v) is 10.1. The van der Waals surface area contributed by atoms with Gasteiger partial charge in [0.15, 0.2) is 0 Å². The Morgan fingerprint density at radius 2 is 1.62 bits per heavy atom. The van der Waals surface area contributed by atoms with Crippen molar-refractivity contribution in [1.29, 1.82) is 0 Å². The second-order valence-electron chi connectivity index (χ2n) is 8.47. The van der Waals surface area contributed by atoms with Crippen LogP contribution in [0.25, 0.3) is 0 Å². The average Bonchev–Trinajstić information content (AvgIpc) is 3.17. The molecule has 0 aromatic carbocycles. The smallest absolute Gasteiger partial charge is 0.244 e. The molecule has 2 fully saturated rings. The molecule has 0 bridgehead atoms. The molecule has 3 rings (SSSR count). The number of hydrogen-bond donors (Lipinski definition) is 1. The van der Waals surface area contributed by atoms with Gasteiger partial charge in [0.2, 0.25) is 10.0 Å². The zero-order valence-corrected chi connectivity index (χ0v) is 16.0. The molecule has 1 heterocycles. The van der Waals surface area contributed by atoms with Crippen molar-refractivity contribution in [3.63, 3.8) is 0 Å². The Bertz CT molecular complexity index is 661. The molecule has 0 aliphatic heterocycles. The standard InChI is InChI=1S/C18H31N3O2S/c1-18(2,3)17-16(13-21(19-17)15-11-7-8-12-15)24(22,23)20-14-9-5-4-6-10-14/h13-15,20H,4-12H2,1-3H3. The highest BCUT2D eigenvalue weighted by Crippen LogP contribution is 2.34. The third-order valence-corrected chi connectivity index (χ3v) is 6.85. The number of nitrogens with one attached hydrogen (secondary N) is 1. The Kier molecular flexibility index (Phi) is 5.07. The molecule has 1 aromatic heterocycles. The van der Waals surface area contributed by atoms with E-state index in [1.165, 1.54) is 19.3 Å². The van der Waals surface area contributed by atoms with Crippen molar-refractivity contribution in [2.24, 2.45) is 0 Å². The molecule has 1 aromatic rings. The molecule has 2 aliphatic carbocycles. The SMILES string of the molecule is CC(C)(C)c1nn(C2CCCC2)cc1S(=O)(=O)NC1CCCCC1. The van der Waals surface area contributed by atoms with Crippen molar-refractivity contribution in [2.75, 3.05) is 0 Å². The number of hydrogen-bond acceptors (Lipinski definition) is 3. The van der Waals surface area contributed by atoms with Crippen LogP contribution in [0.15, 0.2) is 11.1 Å². The van der Waals surface area contributed by atoms with Gasteiger partial charge in [-0.2, -0.15) is 5.10 Å². The van der Waals surface area contributed by atoms with Crippen molar-refractivity contribution >= 4 is 10.0 Å². The minimum absolute atomic E-state index is 0.0754. The first kappa shape index (κ1) is 17.9. The van der Waals surface area contributed by atoms with Gasteiger partial charge in [0, 0.05) is 17.7 Å². The Hall–Kier alpha value is -0.880. The minimum atomic E-state index is -3.52. The normalized spacial score (nSPS) is 21.5. The fraction of sp³-hybridized carbons (Fsp3) is 0.833. The van der Waals surface area contributed by atoms with E-state index >= 15 is 0 Å². The van der Waals surface area contributed by atoms with Crippen LogP contribution in [-0.2, 0) is 15.4 Å². The molecule has 136 valence electrons. The van der Waals surface area contributed by atoms with E-state index in [0.717, 1.165) is 38.5 Å². The summed E-state index contributed by atoms with van der Waals surface area (Å²) in [7, 11) is -3.52. The zero-order valence-electron chi connectivity index (χ0n) is 15.2. The van der Waals surface area contributed by atoms with Gasteiger partial charge in [-0.15, -0.1) is 0 Å². The largest absolute Gasteiger partial charge is 0.268 e. The highest BCUT2D eigenvalue weighted by atomic mass is 32.2. The van der Waals surface area contributed by atoms with Crippen molar-refractivity contribution in [3.8, 4) is 0 Å². The second kappa shape index (κ2) is 6.79. The summed E-state index contributed by atoms with van der Waals surface area (Å²) in [5.74, 6) is 0. The number of aromatic nitrogens is 2. The molecule has 6 heteroatoms.